The van der Waals surface area contributed by atoms with Gasteiger partial charge in [0.05, 0.1) is 0 Å². The summed E-state index contributed by atoms with van der Waals surface area (Å²) >= 11 is 0. The highest BCUT2D eigenvalue weighted by Crippen LogP contribution is 2.22. The van der Waals surface area contributed by atoms with Crippen molar-refractivity contribution in [1.82, 2.24) is 10.6 Å². The molecule has 1 heterocycles. The lowest BCUT2D eigenvalue weighted by Gasteiger charge is -2.08. The van der Waals surface area contributed by atoms with Gasteiger partial charge >= 0.3 is 12.0 Å². The highest BCUT2D eigenvalue weighted by Gasteiger charge is 2.16. The van der Waals surface area contributed by atoms with Gasteiger partial charge in [-0.3, -0.25) is 10.1 Å². The van der Waals surface area contributed by atoms with Crippen molar-refractivity contribution in [3.05, 3.63) is 48.0 Å². The van der Waals surface area contributed by atoms with E-state index in [1.54, 1.807) is 0 Å². The molecule has 2 aromatic rings. The lowest BCUT2D eigenvalue weighted by Crippen LogP contribution is -2.42. The number of halogens is 1. The summed E-state index contributed by atoms with van der Waals surface area (Å²) in [4.78, 5) is 34.9. The second-order valence-corrected chi connectivity index (χ2v) is 5.90. The zero-order chi connectivity index (χ0) is 19.1. The second-order valence-electron chi connectivity index (χ2n) is 5.90. The largest absolute Gasteiger partial charge is 0.450 e. The lowest BCUT2D eigenvalue weighted by atomic mass is 10.2. The van der Waals surface area contributed by atoms with E-state index in [4.69, 9.17) is 9.15 Å². The average molecular weight is 362 g/mol. The second kappa shape index (κ2) is 8.80. The fourth-order valence-corrected chi connectivity index (χ4v) is 1.92. The third kappa shape index (κ3) is 5.73. The molecule has 0 atom stereocenters. The molecule has 1 aromatic carbocycles. The number of urea groups is 1. The van der Waals surface area contributed by atoms with Gasteiger partial charge in [0.15, 0.2) is 6.61 Å². The highest BCUT2D eigenvalue weighted by atomic mass is 19.1. The van der Waals surface area contributed by atoms with Crippen molar-refractivity contribution in [3.8, 4) is 11.3 Å². The van der Waals surface area contributed by atoms with Gasteiger partial charge in [0, 0.05) is 12.1 Å². The molecule has 0 unspecified atom stereocenters. The van der Waals surface area contributed by atoms with Crippen LogP contribution in [0.5, 0.6) is 0 Å². The van der Waals surface area contributed by atoms with E-state index in [1.807, 2.05) is 19.2 Å². The van der Waals surface area contributed by atoms with Gasteiger partial charge in [-0.1, -0.05) is 13.8 Å². The normalized spacial score (nSPS) is 10.5. The molecule has 7 nitrogen and oxygen atoms in total. The molecular weight excluding hydrogens is 343 g/mol. The maximum atomic E-state index is 12.9. The molecule has 26 heavy (non-hydrogen) atoms. The molecule has 0 aliphatic rings. The van der Waals surface area contributed by atoms with Crippen LogP contribution in [0, 0.1) is 11.7 Å². The number of carbonyl (C=O) groups is 3. The number of carbonyl (C=O) groups excluding carboxylic acids is 3. The predicted molar refractivity (Wildman–Crippen MR) is 90.8 cm³/mol. The van der Waals surface area contributed by atoms with Crippen LogP contribution in [0.3, 0.4) is 0 Å². The number of hydrogen-bond acceptors (Lipinski definition) is 5. The molecule has 0 fully saturated rings. The number of rotatable bonds is 6. The van der Waals surface area contributed by atoms with Crippen LogP contribution in [0.25, 0.3) is 11.3 Å². The molecule has 0 radical (unpaired) electrons. The van der Waals surface area contributed by atoms with Crippen molar-refractivity contribution >= 4 is 17.9 Å². The molecule has 2 N–H and O–H groups in total. The van der Waals surface area contributed by atoms with Crippen molar-refractivity contribution in [2.75, 3.05) is 13.2 Å². The minimum absolute atomic E-state index is 0.110. The Morgan fingerprint density at radius 1 is 1.12 bits per heavy atom. The van der Waals surface area contributed by atoms with Gasteiger partial charge in [0.1, 0.15) is 11.6 Å². The van der Waals surface area contributed by atoms with E-state index in [9.17, 15) is 18.8 Å². The molecule has 8 heteroatoms. The molecule has 138 valence electrons. The molecule has 0 saturated carbocycles. The van der Waals surface area contributed by atoms with Crippen molar-refractivity contribution in [2.45, 2.75) is 13.8 Å². The van der Waals surface area contributed by atoms with E-state index >= 15 is 0 Å². The first-order chi connectivity index (χ1) is 12.3. The summed E-state index contributed by atoms with van der Waals surface area (Å²) < 4.78 is 23.1. The number of nitrogens with one attached hydrogen (secondary N) is 2. The standard InChI is InChI=1S/C18H19FN2O5/c1-11(2)9-20-18(24)21-16(22)10-25-17(23)15-8-7-14(26-15)12-3-5-13(19)6-4-12/h3-8,11H,9-10H2,1-2H3,(H2,20,21,22,24). The van der Waals surface area contributed by atoms with Crippen LogP contribution in [0.2, 0.25) is 0 Å². The minimum atomic E-state index is -0.851. The summed E-state index contributed by atoms with van der Waals surface area (Å²) in [5.41, 5.74) is 0.588. The molecule has 0 bridgehead atoms. The van der Waals surface area contributed by atoms with Gasteiger partial charge in [0.2, 0.25) is 5.76 Å². The molecule has 0 aliphatic carbocycles. The van der Waals surface area contributed by atoms with Crippen molar-refractivity contribution in [2.24, 2.45) is 5.92 Å². The number of ether oxygens (including phenoxy) is 1. The maximum absolute atomic E-state index is 12.9. The minimum Gasteiger partial charge on any atom is -0.450 e. The number of imide groups is 1. The van der Waals surface area contributed by atoms with Crippen LogP contribution in [-0.2, 0) is 9.53 Å². The molecule has 3 amide bonds. The number of benzene rings is 1. The van der Waals surface area contributed by atoms with E-state index in [1.165, 1.54) is 36.4 Å². The van der Waals surface area contributed by atoms with Gasteiger partial charge in [-0.15, -0.1) is 0 Å². The number of hydrogen-bond donors (Lipinski definition) is 2. The van der Waals surface area contributed by atoms with Gasteiger partial charge in [-0.25, -0.2) is 14.0 Å². The Balaban J connectivity index is 1.83. The lowest BCUT2D eigenvalue weighted by molar-refractivity contribution is -0.123. The molecule has 0 saturated heterocycles. The van der Waals surface area contributed by atoms with Crippen molar-refractivity contribution in [3.63, 3.8) is 0 Å². The number of amides is 3. The van der Waals surface area contributed by atoms with Crippen LogP contribution in [0.1, 0.15) is 24.4 Å². The van der Waals surface area contributed by atoms with Crippen LogP contribution < -0.4 is 10.6 Å². The summed E-state index contributed by atoms with van der Waals surface area (Å²) in [6.07, 6.45) is 0. The maximum Gasteiger partial charge on any atom is 0.374 e. The third-order valence-electron chi connectivity index (χ3n) is 3.19. The smallest absolute Gasteiger partial charge is 0.374 e. The molecule has 0 spiro atoms. The van der Waals surface area contributed by atoms with E-state index in [-0.39, 0.29) is 17.5 Å². The van der Waals surface area contributed by atoms with Gasteiger partial charge < -0.3 is 14.5 Å². The topological polar surface area (TPSA) is 97.6 Å². The van der Waals surface area contributed by atoms with Crippen molar-refractivity contribution < 1.29 is 27.9 Å². The molecule has 2 rings (SSSR count). The first kappa shape index (κ1) is 19.2. The first-order valence-corrected chi connectivity index (χ1v) is 7.95. The Hall–Kier alpha value is -3.16. The van der Waals surface area contributed by atoms with Gasteiger partial charge in [-0.05, 0) is 42.3 Å². The Morgan fingerprint density at radius 2 is 1.81 bits per heavy atom. The fourth-order valence-electron chi connectivity index (χ4n) is 1.92. The van der Waals surface area contributed by atoms with E-state index in [2.05, 4.69) is 5.32 Å². The van der Waals surface area contributed by atoms with E-state index in [0.29, 0.717) is 17.9 Å². The summed E-state index contributed by atoms with van der Waals surface area (Å²) in [7, 11) is 0. The van der Waals surface area contributed by atoms with Gasteiger partial charge in [-0.2, -0.15) is 0 Å². The Bertz CT molecular complexity index is 783. The monoisotopic (exact) mass is 362 g/mol. The van der Waals surface area contributed by atoms with E-state index < -0.39 is 24.5 Å². The Kier molecular flexibility index (Phi) is 6.48. The van der Waals surface area contributed by atoms with Gasteiger partial charge in [0.25, 0.3) is 5.91 Å². The first-order valence-electron chi connectivity index (χ1n) is 7.95. The molecular formula is C18H19FN2O5. The molecule has 1 aromatic heterocycles. The summed E-state index contributed by atoms with van der Waals surface area (Å²) in [6, 6.07) is 7.81. The quantitative estimate of drug-likeness (QED) is 0.770. The summed E-state index contributed by atoms with van der Waals surface area (Å²) in [5, 5.41) is 4.55. The fraction of sp³-hybridized carbons (Fsp3) is 0.278. The highest BCUT2D eigenvalue weighted by molar-refractivity contribution is 5.96. The molecule has 0 aliphatic heterocycles. The van der Waals surface area contributed by atoms with Crippen molar-refractivity contribution in [1.29, 1.82) is 0 Å². The van der Waals surface area contributed by atoms with E-state index in [0.717, 1.165) is 0 Å². The predicted octanol–water partition coefficient (Wildman–Crippen LogP) is 2.72. The number of furan rings is 1. The summed E-state index contributed by atoms with van der Waals surface area (Å²) in [5.74, 6) is -1.51. The van der Waals surface area contributed by atoms with Crippen LogP contribution >= 0.6 is 0 Å². The summed E-state index contributed by atoms with van der Waals surface area (Å²) in [6.45, 7) is 3.61. The average Bonchev–Trinajstić information content (AvgIpc) is 3.08. The SMILES string of the molecule is CC(C)CNC(=O)NC(=O)COC(=O)c1ccc(-c2ccc(F)cc2)o1. The third-order valence-corrected chi connectivity index (χ3v) is 3.19. The zero-order valence-electron chi connectivity index (χ0n) is 14.4. The van der Waals surface area contributed by atoms with Crippen LogP contribution in [0.4, 0.5) is 9.18 Å². The Morgan fingerprint density at radius 3 is 2.46 bits per heavy atom. The van der Waals surface area contributed by atoms with Crippen LogP contribution in [-0.4, -0.2) is 31.1 Å². The Labute approximate surface area is 149 Å². The van der Waals surface area contributed by atoms with Crippen LogP contribution in [0.15, 0.2) is 40.8 Å². The number of esters is 1. The zero-order valence-corrected chi connectivity index (χ0v) is 14.4.